The van der Waals surface area contributed by atoms with E-state index in [1.807, 2.05) is 42.5 Å². The molecule has 0 aliphatic rings. The molecule has 0 fully saturated rings. The summed E-state index contributed by atoms with van der Waals surface area (Å²) < 4.78 is 30.1. The topological polar surface area (TPSA) is 103 Å². The number of carboxylic acids is 1. The zero-order chi connectivity index (χ0) is 22.4. The number of rotatable bonds is 9. The zero-order valence-electron chi connectivity index (χ0n) is 17.2. The van der Waals surface area contributed by atoms with Crippen LogP contribution >= 0.6 is 0 Å². The van der Waals surface area contributed by atoms with Crippen molar-refractivity contribution in [1.82, 2.24) is 4.98 Å². The molecule has 2 aromatic carbocycles. The third kappa shape index (κ3) is 5.68. The number of hydrogen-bond donors (Lipinski definition) is 1. The van der Waals surface area contributed by atoms with Gasteiger partial charge >= 0.3 is 5.97 Å². The van der Waals surface area contributed by atoms with Gasteiger partial charge in [-0.05, 0) is 53.4 Å². The molecule has 0 amide bonds. The molecule has 2 unspecified atom stereocenters. The van der Waals surface area contributed by atoms with Crippen molar-refractivity contribution in [2.45, 2.75) is 26.5 Å². The second kappa shape index (κ2) is 10.2. The summed E-state index contributed by atoms with van der Waals surface area (Å²) in [6.07, 6.45) is 1.72. The highest BCUT2D eigenvalue weighted by Gasteiger charge is 2.30. The van der Waals surface area contributed by atoms with Crippen LogP contribution in [0.2, 0.25) is 0 Å². The first-order chi connectivity index (χ1) is 14.9. The molecular weight excluding hydrogens is 416 g/mol. The predicted octanol–water partition coefficient (Wildman–Crippen LogP) is 4.04. The highest BCUT2D eigenvalue weighted by molar-refractivity contribution is 7.80. The van der Waals surface area contributed by atoms with E-state index in [-0.39, 0.29) is 0 Å². The van der Waals surface area contributed by atoms with Crippen LogP contribution in [0, 0.1) is 5.92 Å². The highest BCUT2D eigenvalue weighted by Crippen LogP contribution is 2.28. The van der Waals surface area contributed by atoms with Gasteiger partial charge in [-0.2, -0.15) is 0 Å². The van der Waals surface area contributed by atoms with E-state index >= 15 is 0 Å². The summed E-state index contributed by atoms with van der Waals surface area (Å²) in [5.74, 6) is -0.876. The van der Waals surface area contributed by atoms with Crippen LogP contribution in [0.25, 0.3) is 11.1 Å². The van der Waals surface area contributed by atoms with Crippen LogP contribution in [0.4, 0.5) is 5.69 Å². The first kappa shape index (κ1) is 22.5. The number of ether oxygens (including phenoxy) is 1. The van der Waals surface area contributed by atoms with Crippen LogP contribution in [0.1, 0.15) is 19.5 Å². The number of anilines is 1. The molecule has 7 nitrogen and oxygen atoms in total. The van der Waals surface area contributed by atoms with E-state index in [2.05, 4.69) is 4.98 Å². The molecule has 1 N–H and O–H groups in total. The van der Waals surface area contributed by atoms with Gasteiger partial charge < -0.3 is 14.4 Å². The lowest BCUT2D eigenvalue weighted by Crippen LogP contribution is -2.45. The lowest BCUT2D eigenvalue weighted by molar-refractivity contribution is -0.139. The van der Waals surface area contributed by atoms with Gasteiger partial charge in [-0.25, -0.2) is 4.79 Å². The number of hydrogen-bond acceptors (Lipinski definition) is 5. The van der Waals surface area contributed by atoms with Gasteiger partial charge in [0.2, 0.25) is 0 Å². The quantitative estimate of drug-likeness (QED) is 0.505. The number of aromatic nitrogens is 1. The smallest absolute Gasteiger partial charge is 0.327 e. The number of nitrogens with zero attached hydrogens (tertiary/aromatic N) is 2. The van der Waals surface area contributed by atoms with Crippen LogP contribution in [-0.2, 0) is 22.7 Å². The molecule has 0 bridgehead atoms. The Kier molecular flexibility index (Phi) is 7.38. The van der Waals surface area contributed by atoms with Gasteiger partial charge in [0.1, 0.15) is 18.4 Å². The van der Waals surface area contributed by atoms with Crippen molar-refractivity contribution in [2.24, 2.45) is 5.92 Å². The van der Waals surface area contributed by atoms with Crippen LogP contribution < -0.4 is 9.04 Å². The average molecular weight is 440 g/mol. The number of carboxylic acid groups (broad SMARTS) is 1. The second-order valence-corrected chi connectivity index (χ2v) is 8.08. The molecular formula is C23H23N2O5S-. The second-order valence-electron chi connectivity index (χ2n) is 7.25. The van der Waals surface area contributed by atoms with E-state index in [1.54, 1.807) is 44.3 Å². The predicted molar refractivity (Wildman–Crippen MR) is 118 cm³/mol. The molecule has 2 atom stereocenters. The molecule has 0 aliphatic heterocycles. The number of aliphatic carboxylic acids is 1. The Morgan fingerprint density at radius 2 is 1.68 bits per heavy atom. The Balaban J connectivity index is 1.74. The van der Waals surface area contributed by atoms with E-state index in [0.29, 0.717) is 18.0 Å². The van der Waals surface area contributed by atoms with Gasteiger partial charge in [0.25, 0.3) is 0 Å². The first-order valence-electron chi connectivity index (χ1n) is 9.71. The maximum absolute atomic E-state index is 11.8. The summed E-state index contributed by atoms with van der Waals surface area (Å²) in [6.45, 7) is 3.71. The Hall–Kier alpha value is -3.23. The van der Waals surface area contributed by atoms with E-state index in [9.17, 15) is 18.7 Å². The van der Waals surface area contributed by atoms with Gasteiger partial charge in [-0.15, -0.1) is 0 Å². The minimum Gasteiger partial charge on any atom is -0.755 e. The molecule has 0 aliphatic carbocycles. The van der Waals surface area contributed by atoms with Gasteiger partial charge in [-0.1, -0.05) is 44.2 Å². The molecule has 3 aromatic rings. The maximum Gasteiger partial charge on any atom is 0.327 e. The zero-order valence-corrected chi connectivity index (χ0v) is 18.0. The summed E-state index contributed by atoms with van der Waals surface area (Å²) in [7, 11) is 0. The molecule has 0 saturated heterocycles. The summed E-state index contributed by atoms with van der Waals surface area (Å²) in [5, 5.41) is 9.47. The SMILES string of the molecule is CC(C)C(C(=O)O)N(c1ccc(-c2ccc(OCc3ccccn3)cc2)cc1)S(=O)[O-]. The van der Waals surface area contributed by atoms with E-state index in [4.69, 9.17) is 4.74 Å². The normalized spacial score (nSPS) is 12.9. The molecule has 0 spiro atoms. The van der Waals surface area contributed by atoms with Crippen molar-refractivity contribution in [3.8, 4) is 16.9 Å². The van der Waals surface area contributed by atoms with Gasteiger partial charge in [0, 0.05) is 23.2 Å². The third-order valence-corrected chi connectivity index (χ3v) is 5.48. The Bertz CT molecular complexity index is 1020. The summed E-state index contributed by atoms with van der Waals surface area (Å²) in [4.78, 5) is 15.8. The molecule has 3 rings (SSSR count). The highest BCUT2D eigenvalue weighted by atomic mass is 32.2. The minimum atomic E-state index is -2.72. The maximum atomic E-state index is 11.8. The fourth-order valence-corrected chi connectivity index (χ4v) is 3.99. The Morgan fingerprint density at radius 3 is 2.16 bits per heavy atom. The van der Waals surface area contributed by atoms with E-state index in [0.717, 1.165) is 21.1 Å². The summed E-state index contributed by atoms with van der Waals surface area (Å²) in [5.41, 5.74) is 2.93. The van der Waals surface area contributed by atoms with Crippen molar-refractivity contribution in [3.05, 3.63) is 78.6 Å². The Morgan fingerprint density at radius 1 is 1.06 bits per heavy atom. The van der Waals surface area contributed by atoms with Crippen molar-refractivity contribution in [2.75, 3.05) is 4.31 Å². The molecule has 162 valence electrons. The number of pyridine rings is 1. The first-order valence-corrected chi connectivity index (χ1v) is 10.7. The van der Waals surface area contributed by atoms with Crippen molar-refractivity contribution in [1.29, 1.82) is 0 Å². The van der Waals surface area contributed by atoms with Crippen molar-refractivity contribution < 1.29 is 23.4 Å². The van der Waals surface area contributed by atoms with Crippen molar-refractivity contribution >= 4 is 22.9 Å². The van der Waals surface area contributed by atoms with Crippen LogP contribution in [0.5, 0.6) is 5.75 Å². The van der Waals surface area contributed by atoms with Gasteiger partial charge in [0.15, 0.2) is 0 Å². The lowest BCUT2D eigenvalue weighted by Gasteiger charge is -2.34. The standard InChI is InChI=1S/C23H24N2O5S/c1-16(2)22(23(26)27)25(31(28)29)20-10-6-17(7-11-20)18-8-12-21(13-9-18)30-15-19-5-3-4-14-24-19/h3-14,16,22H,15H2,1-2H3,(H,26,27)(H,28,29)/p-1. The minimum absolute atomic E-state index is 0.300. The largest absolute Gasteiger partial charge is 0.755 e. The number of benzene rings is 2. The molecule has 31 heavy (non-hydrogen) atoms. The lowest BCUT2D eigenvalue weighted by atomic mass is 10.0. The monoisotopic (exact) mass is 439 g/mol. The molecule has 1 heterocycles. The van der Waals surface area contributed by atoms with Crippen molar-refractivity contribution in [3.63, 3.8) is 0 Å². The average Bonchev–Trinajstić information content (AvgIpc) is 2.76. The fourth-order valence-electron chi connectivity index (χ4n) is 3.18. The fraction of sp³-hybridized carbons (Fsp3) is 0.217. The van der Waals surface area contributed by atoms with Crippen LogP contribution in [0.15, 0.2) is 72.9 Å². The van der Waals surface area contributed by atoms with E-state index in [1.165, 1.54) is 0 Å². The number of carbonyl (C=O) groups is 1. The molecule has 0 saturated carbocycles. The Labute approximate surface area is 183 Å². The van der Waals surface area contributed by atoms with E-state index < -0.39 is 29.2 Å². The molecule has 8 heteroatoms. The van der Waals surface area contributed by atoms with Gasteiger partial charge in [-0.3, -0.25) is 13.5 Å². The van der Waals surface area contributed by atoms with Crippen LogP contribution in [-0.4, -0.2) is 30.9 Å². The summed E-state index contributed by atoms with van der Waals surface area (Å²) >= 11 is -2.72. The third-order valence-electron chi connectivity index (χ3n) is 4.72. The molecule has 0 radical (unpaired) electrons. The van der Waals surface area contributed by atoms with Gasteiger partial charge in [0.05, 0.1) is 5.69 Å². The van der Waals surface area contributed by atoms with Crippen LogP contribution in [0.3, 0.4) is 0 Å². The summed E-state index contributed by atoms with van der Waals surface area (Å²) in [6, 6.07) is 18.7. The molecule has 1 aromatic heterocycles.